The zero-order valence-corrected chi connectivity index (χ0v) is 12.9. The molecular formula is C14H23N5O2. The van der Waals surface area contributed by atoms with Gasteiger partial charge < -0.3 is 9.64 Å². The van der Waals surface area contributed by atoms with Gasteiger partial charge in [-0.25, -0.2) is 0 Å². The van der Waals surface area contributed by atoms with E-state index in [0.717, 1.165) is 31.0 Å². The molecule has 21 heavy (non-hydrogen) atoms. The molecule has 1 atom stereocenters. The molecule has 0 spiro atoms. The van der Waals surface area contributed by atoms with Crippen LogP contribution in [0.5, 0.6) is 0 Å². The number of aryl methyl sites for hydroxylation is 1. The molecular weight excluding hydrogens is 270 g/mol. The van der Waals surface area contributed by atoms with Crippen molar-refractivity contribution in [3.05, 3.63) is 24.0 Å². The summed E-state index contributed by atoms with van der Waals surface area (Å²) < 4.78 is 7.40. The maximum atomic E-state index is 11.6. The van der Waals surface area contributed by atoms with Crippen LogP contribution >= 0.6 is 0 Å². The number of carbonyl (C=O) groups excluding carboxylic acids is 1. The summed E-state index contributed by atoms with van der Waals surface area (Å²) in [7, 11) is 5.34. The molecule has 0 bridgehead atoms. The first-order valence-corrected chi connectivity index (χ1v) is 7.02. The van der Waals surface area contributed by atoms with Gasteiger partial charge in [-0.3, -0.25) is 14.4 Å². The second-order valence-electron chi connectivity index (χ2n) is 5.53. The van der Waals surface area contributed by atoms with Crippen LogP contribution in [0.1, 0.15) is 17.3 Å². The minimum Gasteiger partial charge on any atom is -0.371 e. The maximum Gasteiger partial charge on any atom is 0.248 e. The molecule has 1 aliphatic rings. The van der Waals surface area contributed by atoms with E-state index in [1.165, 1.54) is 4.90 Å². The Labute approximate surface area is 125 Å². The Kier molecular flexibility index (Phi) is 5.08. The lowest BCUT2D eigenvalue weighted by Gasteiger charge is -2.31. The van der Waals surface area contributed by atoms with Gasteiger partial charge in [-0.15, -0.1) is 11.7 Å². The van der Waals surface area contributed by atoms with E-state index in [1.807, 2.05) is 17.8 Å². The van der Waals surface area contributed by atoms with Crippen LogP contribution in [0.25, 0.3) is 0 Å². The molecule has 2 rings (SSSR count). The molecule has 1 aromatic rings. The molecule has 116 valence electrons. The summed E-state index contributed by atoms with van der Waals surface area (Å²) in [6.07, 6.45) is 1.88. The number of carbonyl (C=O) groups is 1. The van der Waals surface area contributed by atoms with Crippen molar-refractivity contribution in [1.82, 2.24) is 24.8 Å². The highest BCUT2D eigenvalue weighted by Gasteiger charge is 2.29. The number of hydrogen-bond donors (Lipinski definition) is 0. The summed E-state index contributed by atoms with van der Waals surface area (Å²) in [5.74, 6) is 0.140. The number of hydrogen-bond acceptors (Lipinski definition) is 5. The quantitative estimate of drug-likeness (QED) is 0.691. The Morgan fingerprint density at radius 2 is 2.33 bits per heavy atom. The largest absolute Gasteiger partial charge is 0.371 e. The first kappa shape index (κ1) is 15.7. The topological polar surface area (TPSA) is 63.5 Å². The van der Waals surface area contributed by atoms with Gasteiger partial charge in [-0.2, -0.15) is 0 Å². The number of likely N-dealkylation sites (N-methyl/N-ethyl adjacent to an activating group) is 1. The third kappa shape index (κ3) is 3.68. The maximum absolute atomic E-state index is 11.6. The van der Waals surface area contributed by atoms with Gasteiger partial charge in [0.15, 0.2) is 0 Å². The monoisotopic (exact) mass is 293 g/mol. The number of ether oxygens (including phenoxy) is 1. The minimum absolute atomic E-state index is 0.0305. The van der Waals surface area contributed by atoms with Crippen molar-refractivity contribution in [2.75, 3.05) is 40.4 Å². The third-order valence-electron chi connectivity index (χ3n) is 3.61. The predicted octanol–water partition coefficient (Wildman–Crippen LogP) is 0.00510. The highest BCUT2D eigenvalue weighted by Crippen LogP contribution is 2.26. The van der Waals surface area contributed by atoms with Crippen molar-refractivity contribution >= 4 is 5.91 Å². The van der Waals surface area contributed by atoms with Crippen LogP contribution in [-0.2, 0) is 23.1 Å². The summed E-state index contributed by atoms with van der Waals surface area (Å²) in [5.41, 5.74) is 2.09. The van der Waals surface area contributed by atoms with Crippen molar-refractivity contribution in [3.8, 4) is 0 Å². The second kappa shape index (κ2) is 6.82. The van der Waals surface area contributed by atoms with Gasteiger partial charge in [-0.1, -0.05) is 11.3 Å². The molecule has 0 radical (unpaired) electrons. The van der Waals surface area contributed by atoms with Gasteiger partial charge >= 0.3 is 0 Å². The van der Waals surface area contributed by atoms with Gasteiger partial charge in [0, 0.05) is 46.7 Å². The van der Waals surface area contributed by atoms with E-state index >= 15 is 0 Å². The average molecular weight is 293 g/mol. The molecule has 2 heterocycles. The molecule has 7 heteroatoms. The van der Waals surface area contributed by atoms with Crippen LogP contribution < -0.4 is 0 Å². The smallest absolute Gasteiger partial charge is 0.248 e. The number of amides is 1. The van der Waals surface area contributed by atoms with Crippen molar-refractivity contribution in [2.45, 2.75) is 12.5 Å². The molecule has 0 aliphatic carbocycles. The number of nitrogens with zero attached hydrogens (tertiary/aromatic N) is 5. The zero-order valence-electron chi connectivity index (χ0n) is 12.9. The van der Waals surface area contributed by atoms with Gasteiger partial charge in [0.2, 0.25) is 5.91 Å². The first-order chi connectivity index (χ1) is 10.0. The van der Waals surface area contributed by atoms with Crippen LogP contribution in [0, 0.1) is 0 Å². The van der Waals surface area contributed by atoms with Crippen LogP contribution in [0.2, 0.25) is 0 Å². The van der Waals surface area contributed by atoms with Gasteiger partial charge in [0.25, 0.3) is 0 Å². The molecule has 0 N–H and O–H groups in total. The van der Waals surface area contributed by atoms with Crippen molar-refractivity contribution in [2.24, 2.45) is 7.05 Å². The minimum atomic E-state index is -0.0305. The van der Waals surface area contributed by atoms with E-state index in [1.54, 1.807) is 14.1 Å². The van der Waals surface area contributed by atoms with Crippen LogP contribution in [0.3, 0.4) is 0 Å². The molecule has 1 aliphatic heterocycles. The Morgan fingerprint density at radius 3 is 3.00 bits per heavy atom. The summed E-state index contributed by atoms with van der Waals surface area (Å²) >= 11 is 0. The molecule has 0 saturated heterocycles. The van der Waals surface area contributed by atoms with Gasteiger partial charge in [-0.05, 0) is 0 Å². The van der Waals surface area contributed by atoms with Crippen LogP contribution in [0.15, 0.2) is 12.7 Å². The lowest BCUT2D eigenvalue weighted by Crippen LogP contribution is -2.37. The van der Waals surface area contributed by atoms with Crippen molar-refractivity contribution < 1.29 is 9.53 Å². The lowest BCUT2D eigenvalue weighted by atomic mass is 9.99. The average Bonchev–Trinajstić information content (AvgIpc) is 2.80. The number of fused-ring (bicyclic) bond motifs is 1. The van der Waals surface area contributed by atoms with E-state index < -0.39 is 0 Å². The van der Waals surface area contributed by atoms with E-state index in [-0.39, 0.29) is 18.4 Å². The SMILES string of the molecule is C=CCN1Cc2nnn(C)c2C(COCC(=O)N(C)C)C1. The summed E-state index contributed by atoms with van der Waals surface area (Å²) in [4.78, 5) is 15.3. The van der Waals surface area contributed by atoms with E-state index in [9.17, 15) is 4.79 Å². The fourth-order valence-corrected chi connectivity index (χ4v) is 2.57. The second-order valence-corrected chi connectivity index (χ2v) is 5.53. The highest BCUT2D eigenvalue weighted by molar-refractivity contribution is 5.76. The third-order valence-corrected chi connectivity index (χ3v) is 3.61. The fourth-order valence-electron chi connectivity index (χ4n) is 2.57. The standard InChI is InChI=1S/C14H23N5O2/c1-5-6-19-7-11(9-21-10-13(20)17(2)3)14-12(8-19)15-16-18(14)4/h5,11H,1,6-10H2,2-4H3. The first-order valence-electron chi connectivity index (χ1n) is 7.02. The fraction of sp³-hybridized carbons (Fsp3) is 0.643. The predicted molar refractivity (Wildman–Crippen MR) is 78.7 cm³/mol. The summed E-state index contributed by atoms with van der Waals surface area (Å²) in [5, 5.41) is 8.31. The van der Waals surface area contributed by atoms with E-state index in [0.29, 0.717) is 6.61 Å². The summed E-state index contributed by atoms with van der Waals surface area (Å²) in [6, 6.07) is 0. The summed E-state index contributed by atoms with van der Waals surface area (Å²) in [6.45, 7) is 6.82. The van der Waals surface area contributed by atoms with Crippen molar-refractivity contribution in [3.63, 3.8) is 0 Å². The highest BCUT2D eigenvalue weighted by atomic mass is 16.5. The van der Waals surface area contributed by atoms with Gasteiger partial charge in [0.05, 0.1) is 12.3 Å². The number of aromatic nitrogens is 3. The Balaban J connectivity index is 2.01. The normalized spacial score (nSPS) is 18.3. The number of rotatable bonds is 6. The van der Waals surface area contributed by atoms with Crippen molar-refractivity contribution in [1.29, 1.82) is 0 Å². The molecule has 7 nitrogen and oxygen atoms in total. The van der Waals surface area contributed by atoms with E-state index in [2.05, 4.69) is 21.8 Å². The molecule has 1 aromatic heterocycles. The van der Waals surface area contributed by atoms with Crippen LogP contribution in [-0.4, -0.2) is 71.1 Å². The zero-order chi connectivity index (χ0) is 15.4. The molecule has 1 amide bonds. The lowest BCUT2D eigenvalue weighted by molar-refractivity contribution is -0.133. The molecule has 0 aromatic carbocycles. The molecule has 0 saturated carbocycles. The van der Waals surface area contributed by atoms with E-state index in [4.69, 9.17) is 4.74 Å². The van der Waals surface area contributed by atoms with Crippen LogP contribution in [0.4, 0.5) is 0 Å². The Morgan fingerprint density at radius 1 is 1.57 bits per heavy atom. The van der Waals surface area contributed by atoms with Gasteiger partial charge in [0.1, 0.15) is 12.3 Å². The Bertz CT molecular complexity index is 511. The molecule has 1 unspecified atom stereocenters. The molecule has 0 fully saturated rings. The Hall–Kier alpha value is -1.73.